The summed E-state index contributed by atoms with van der Waals surface area (Å²) in [5.41, 5.74) is 3.38. The second-order valence-corrected chi connectivity index (χ2v) is 8.09. The van der Waals surface area contributed by atoms with Gasteiger partial charge in [-0.2, -0.15) is 0 Å². The van der Waals surface area contributed by atoms with Crippen molar-refractivity contribution in [1.29, 1.82) is 0 Å². The van der Waals surface area contributed by atoms with Gasteiger partial charge in [-0.05, 0) is 49.3 Å². The SMILES string of the molecule is CC1CN(c2ncccn2)C(C)CN1Cc1ccc(C2(C)CC2)cc1. The summed E-state index contributed by atoms with van der Waals surface area (Å²) in [5.74, 6) is 0.850. The van der Waals surface area contributed by atoms with E-state index in [1.165, 1.54) is 24.0 Å². The Hall–Kier alpha value is -1.94. The van der Waals surface area contributed by atoms with E-state index in [-0.39, 0.29) is 0 Å². The predicted octanol–water partition coefficient (Wildman–Crippen LogP) is 3.63. The van der Waals surface area contributed by atoms with Crippen LogP contribution >= 0.6 is 0 Å². The Morgan fingerprint density at radius 3 is 2.32 bits per heavy atom. The van der Waals surface area contributed by atoms with Crippen LogP contribution in [0.3, 0.4) is 0 Å². The molecule has 1 aliphatic carbocycles. The first-order valence-electron chi connectivity index (χ1n) is 9.42. The van der Waals surface area contributed by atoms with E-state index in [0.717, 1.165) is 25.6 Å². The van der Waals surface area contributed by atoms with E-state index in [0.29, 0.717) is 17.5 Å². The van der Waals surface area contributed by atoms with Crippen LogP contribution in [0.5, 0.6) is 0 Å². The summed E-state index contributed by atoms with van der Waals surface area (Å²) in [7, 11) is 0. The van der Waals surface area contributed by atoms with Gasteiger partial charge in [-0.3, -0.25) is 4.90 Å². The fraction of sp³-hybridized carbons (Fsp3) is 0.524. The van der Waals surface area contributed by atoms with Crippen LogP contribution in [0.4, 0.5) is 5.95 Å². The largest absolute Gasteiger partial charge is 0.335 e. The van der Waals surface area contributed by atoms with Gasteiger partial charge in [-0.25, -0.2) is 9.97 Å². The van der Waals surface area contributed by atoms with Crippen LogP contribution in [-0.4, -0.2) is 40.0 Å². The molecule has 1 aliphatic heterocycles. The quantitative estimate of drug-likeness (QED) is 0.853. The Morgan fingerprint density at radius 2 is 1.68 bits per heavy atom. The highest BCUT2D eigenvalue weighted by Gasteiger charge is 2.38. The number of aromatic nitrogens is 2. The Labute approximate surface area is 150 Å². The van der Waals surface area contributed by atoms with Crippen LogP contribution in [0, 0.1) is 0 Å². The van der Waals surface area contributed by atoms with Gasteiger partial charge in [0.2, 0.25) is 5.95 Å². The molecule has 1 saturated heterocycles. The number of hydrogen-bond acceptors (Lipinski definition) is 4. The van der Waals surface area contributed by atoms with Crippen LogP contribution in [0.1, 0.15) is 44.7 Å². The summed E-state index contributed by atoms with van der Waals surface area (Å²) in [4.78, 5) is 13.8. The van der Waals surface area contributed by atoms with Gasteiger partial charge in [0, 0.05) is 44.1 Å². The number of benzene rings is 1. The van der Waals surface area contributed by atoms with Crippen molar-refractivity contribution in [2.45, 2.75) is 57.7 Å². The summed E-state index contributed by atoms with van der Waals surface area (Å²) >= 11 is 0. The van der Waals surface area contributed by atoms with E-state index in [1.807, 2.05) is 18.5 Å². The molecule has 2 aromatic rings. The van der Waals surface area contributed by atoms with E-state index in [4.69, 9.17) is 0 Å². The van der Waals surface area contributed by atoms with Crippen LogP contribution in [0.2, 0.25) is 0 Å². The van der Waals surface area contributed by atoms with Gasteiger partial charge in [-0.15, -0.1) is 0 Å². The lowest BCUT2D eigenvalue weighted by Gasteiger charge is -2.44. The summed E-state index contributed by atoms with van der Waals surface area (Å²) in [6.45, 7) is 9.98. The number of anilines is 1. The van der Waals surface area contributed by atoms with Gasteiger partial charge in [0.15, 0.2) is 0 Å². The molecular weight excluding hydrogens is 308 g/mol. The Balaban J connectivity index is 1.42. The predicted molar refractivity (Wildman–Crippen MR) is 102 cm³/mol. The van der Waals surface area contributed by atoms with Crippen LogP contribution in [0.15, 0.2) is 42.7 Å². The first kappa shape index (κ1) is 16.5. The number of nitrogens with zero attached hydrogens (tertiary/aromatic N) is 4. The van der Waals surface area contributed by atoms with Crippen LogP contribution in [-0.2, 0) is 12.0 Å². The van der Waals surface area contributed by atoms with Gasteiger partial charge in [0.05, 0.1) is 0 Å². The van der Waals surface area contributed by atoms with Crippen molar-refractivity contribution in [1.82, 2.24) is 14.9 Å². The summed E-state index contributed by atoms with van der Waals surface area (Å²) < 4.78 is 0. The van der Waals surface area contributed by atoms with E-state index >= 15 is 0 Å². The Morgan fingerprint density at radius 1 is 1.00 bits per heavy atom. The molecule has 0 spiro atoms. The minimum absolute atomic E-state index is 0.420. The molecule has 2 atom stereocenters. The lowest BCUT2D eigenvalue weighted by Crippen LogP contribution is -2.56. The van der Waals surface area contributed by atoms with Crippen molar-refractivity contribution in [3.63, 3.8) is 0 Å². The third-order valence-electron chi connectivity index (χ3n) is 5.96. The first-order valence-corrected chi connectivity index (χ1v) is 9.42. The molecule has 132 valence electrons. The lowest BCUT2D eigenvalue weighted by molar-refractivity contribution is 0.157. The zero-order valence-corrected chi connectivity index (χ0v) is 15.5. The van der Waals surface area contributed by atoms with E-state index in [1.54, 1.807) is 0 Å². The highest BCUT2D eigenvalue weighted by molar-refractivity contribution is 5.34. The number of piperazine rings is 1. The van der Waals surface area contributed by atoms with E-state index < -0.39 is 0 Å². The van der Waals surface area contributed by atoms with Gasteiger partial charge in [0.25, 0.3) is 0 Å². The topological polar surface area (TPSA) is 32.3 Å². The van der Waals surface area contributed by atoms with Gasteiger partial charge >= 0.3 is 0 Å². The van der Waals surface area contributed by atoms with Crippen molar-refractivity contribution in [3.05, 3.63) is 53.9 Å². The summed E-state index contributed by atoms with van der Waals surface area (Å²) in [5, 5.41) is 0. The van der Waals surface area contributed by atoms with Crippen molar-refractivity contribution in [2.24, 2.45) is 0 Å². The average Bonchev–Trinajstić information content (AvgIpc) is 3.38. The molecule has 0 radical (unpaired) electrons. The Bertz CT molecular complexity index is 708. The molecule has 0 amide bonds. The lowest BCUT2D eigenvalue weighted by atomic mass is 9.97. The molecule has 4 rings (SSSR count). The first-order chi connectivity index (χ1) is 12.0. The highest BCUT2D eigenvalue weighted by atomic mass is 15.3. The molecule has 2 heterocycles. The van der Waals surface area contributed by atoms with Crippen molar-refractivity contribution >= 4 is 5.95 Å². The maximum atomic E-state index is 4.43. The van der Waals surface area contributed by atoms with E-state index in [2.05, 4.69) is 64.8 Å². The molecule has 2 fully saturated rings. The smallest absolute Gasteiger partial charge is 0.225 e. The van der Waals surface area contributed by atoms with Crippen molar-refractivity contribution in [3.8, 4) is 0 Å². The summed E-state index contributed by atoms with van der Waals surface area (Å²) in [6, 6.07) is 12.1. The molecular formula is C21H28N4. The Kier molecular flexibility index (Phi) is 4.24. The normalized spacial score (nSPS) is 25.8. The standard InChI is InChI=1S/C21H28N4/c1-16-14-25(20-22-11-4-12-23-20)17(2)13-24(16)15-18-5-7-19(8-6-18)21(3)9-10-21/h4-8,11-12,16-17H,9-10,13-15H2,1-3H3. The molecule has 0 N–H and O–H groups in total. The van der Waals surface area contributed by atoms with Crippen LogP contribution < -0.4 is 4.90 Å². The van der Waals surface area contributed by atoms with Gasteiger partial charge in [-0.1, -0.05) is 31.2 Å². The number of hydrogen-bond donors (Lipinski definition) is 0. The molecule has 4 heteroatoms. The average molecular weight is 336 g/mol. The highest BCUT2D eigenvalue weighted by Crippen LogP contribution is 2.47. The zero-order chi connectivity index (χ0) is 17.4. The third-order valence-corrected chi connectivity index (χ3v) is 5.96. The maximum absolute atomic E-state index is 4.43. The summed E-state index contributed by atoms with van der Waals surface area (Å²) in [6.07, 6.45) is 6.33. The second-order valence-electron chi connectivity index (χ2n) is 8.09. The van der Waals surface area contributed by atoms with Crippen molar-refractivity contribution in [2.75, 3.05) is 18.0 Å². The third kappa shape index (κ3) is 3.40. The monoisotopic (exact) mass is 336 g/mol. The van der Waals surface area contributed by atoms with E-state index in [9.17, 15) is 0 Å². The van der Waals surface area contributed by atoms with Gasteiger partial charge < -0.3 is 4.90 Å². The minimum Gasteiger partial charge on any atom is -0.335 e. The zero-order valence-electron chi connectivity index (χ0n) is 15.5. The minimum atomic E-state index is 0.420. The second kappa shape index (κ2) is 6.41. The molecule has 25 heavy (non-hydrogen) atoms. The fourth-order valence-electron chi connectivity index (χ4n) is 3.86. The molecule has 1 aromatic carbocycles. The molecule has 0 bridgehead atoms. The van der Waals surface area contributed by atoms with Crippen LogP contribution in [0.25, 0.3) is 0 Å². The maximum Gasteiger partial charge on any atom is 0.225 e. The fourth-order valence-corrected chi connectivity index (χ4v) is 3.86. The van der Waals surface area contributed by atoms with Gasteiger partial charge in [0.1, 0.15) is 0 Å². The molecule has 2 unspecified atom stereocenters. The van der Waals surface area contributed by atoms with Crippen molar-refractivity contribution < 1.29 is 0 Å². The molecule has 4 nitrogen and oxygen atoms in total. The molecule has 1 aromatic heterocycles. The molecule has 1 saturated carbocycles. The number of rotatable bonds is 4. The molecule has 2 aliphatic rings.